The van der Waals surface area contributed by atoms with Gasteiger partial charge in [0.15, 0.2) is 0 Å². The van der Waals surface area contributed by atoms with E-state index in [1.54, 1.807) is 6.07 Å². The standard InChI is InChI=1S/C11H12N4O2/c12-6-9-7-13-3-4-15(9)11(17)8-1-2-14-10(16)5-8/h1-2,5,9,13H,3-4,7H2,(H,14,16). The van der Waals surface area contributed by atoms with E-state index in [1.165, 1.54) is 17.2 Å². The topological polar surface area (TPSA) is 89.0 Å². The lowest BCUT2D eigenvalue weighted by atomic mass is 10.1. The van der Waals surface area contributed by atoms with Crippen molar-refractivity contribution in [3.05, 3.63) is 34.2 Å². The van der Waals surface area contributed by atoms with Gasteiger partial charge in [0.2, 0.25) is 5.56 Å². The molecule has 0 spiro atoms. The van der Waals surface area contributed by atoms with Crippen LogP contribution >= 0.6 is 0 Å². The van der Waals surface area contributed by atoms with Crippen molar-refractivity contribution >= 4 is 5.91 Å². The number of amides is 1. The van der Waals surface area contributed by atoms with Gasteiger partial charge in [-0.2, -0.15) is 5.26 Å². The molecule has 6 nitrogen and oxygen atoms in total. The van der Waals surface area contributed by atoms with Crippen LogP contribution < -0.4 is 10.9 Å². The predicted molar refractivity (Wildman–Crippen MR) is 60.4 cm³/mol. The zero-order valence-corrected chi connectivity index (χ0v) is 9.14. The Hall–Kier alpha value is -2.13. The summed E-state index contributed by atoms with van der Waals surface area (Å²) in [6.45, 7) is 1.60. The Labute approximate surface area is 97.9 Å². The molecule has 1 unspecified atom stereocenters. The Balaban J connectivity index is 2.25. The zero-order valence-electron chi connectivity index (χ0n) is 9.14. The predicted octanol–water partition coefficient (Wildman–Crippen LogP) is -0.688. The minimum absolute atomic E-state index is 0.274. The summed E-state index contributed by atoms with van der Waals surface area (Å²) in [5.74, 6) is -0.274. The Bertz CT molecular complexity index is 517. The van der Waals surface area contributed by atoms with E-state index in [9.17, 15) is 9.59 Å². The van der Waals surface area contributed by atoms with E-state index in [-0.39, 0.29) is 11.5 Å². The van der Waals surface area contributed by atoms with E-state index in [0.29, 0.717) is 25.2 Å². The van der Waals surface area contributed by atoms with E-state index in [2.05, 4.69) is 16.4 Å². The largest absolute Gasteiger partial charge is 0.329 e. The van der Waals surface area contributed by atoms with Gasteiger partial charge in [0.25, 0.3) is 5.91 Å². The van der Waals surface area contributed by atoms with Crippen molar-refractivity contribution in [1.29, 1.82) is 5.26 Å². The Morgan fingerprint density at radius 3 is 3.12 bits per heavy atom. The van der Waals surface area contributed by atoms with Gasteiger partial charge in [0.05, 0.1) is 6.07 Å². The van der Waals surface area contributed by atoms with E-state index in [0.717, 1.165) is 0 Å². The second-order valence-electron chi connectivity index (χ2n) is 3.79. The van der Waals surface area contributed by atoms with Crippen LogP contribution in [0.2, 0.25) is 0 Å². The van der Waals surface area contributed by atoms with Gasteiger partial charge in [0.1, 0.15) is 6.04 Å². The fourth-order valence-corrected chi connectivity index (χ4v) is 1.81. The zero-order chi connectivity index (χ0) is 12.3. The fraction of sp³-hybridized carbons (Fsp3) is 0.364. The number of nitrogens with one attached hydrogen (secondary N) is 2. The average molecular weight is 232 g/mol. The summed E-state index contributed by atoms with van der Waals surface area (Å²) >= 11 is 0. The maximum absolute atomic E-state index is 12.1. The molecule has 0 aliphatic carbocycles. The summed E-state index contributed by atoms with van der Waals surface area (Å²) < 4.78 is 0. The number of carbonyl (C=O) groups is 1. The van der Waals surface area contributed by atoms with Crippen molar-refractivity contribution in [2.45, 2.75) is 6.04 Å². The van der Waals surface area contributed by atoms with Crippen LogP contribution in [0.25, 0.3) is 0 Å². The minimum Gasteiger partial charge on any atom is -0.329 e. The molecule has 1 amide bonds. The van der Waals surface area contributed by atoms with Gasteiger partial charge >= 0.3 is 0 Å². The van der Waals surface area contributed by atoms with Gasteiger partial charge in [-0.15, -0.1) is 0 Å². The highest BCUT2D eigenvalue weighted by Crippen LogP contribution is 2.08. The first kappa shape index (κ1) is 11.4. The van der Waals surface area contributed by atoms with Crippen molar-refractivity contribution < 1.29 is 4.79 Å². The number of nitrogens with zero attached hydrogens (tertiary/aromatic N) is 2. The van der Waals surface area contributed by atoms with Gasteiger partial charge < -0.3 is 15.2 Å². The first-order chi connectivity index (χ1) is 8.22. The normalized spacial score (nSPS) is 19.7. The molecule has 17 heavy (non-hydrogen) atoms. The van der Waals surface area contributed by atoms with Crippen LogP contribution in [0.15, 0.2) is 23.1 Å². The molecule has 1 atom stereocenters. The number of nitriles is 1. The number of piperazine rings is 1. The molecule has 2 N–H and O–H groups in total. The van der Waals surface area contributed by atoms with Crippen molar-refractivity contribution in [1.82, 2.24) is 15.2 Å². The summed E-state index contributed by atoms with van der Waals surface area (Å²) in [6.07, 6.45) is 1.43. The summed E-state index contributed by atoms with van der Waals surface area (Å²) in [7, 11) is 0. The van der Waals surface area contributed by atoms with Gasteiger partial charge in [-0.3, -0.25) is 9.59 Å². The number of hydrogen-bond acceptors (Lipinski definition) is 4. The summed E-state index contributed by atoms with van der Waals surface area (Å²) in [6, 6.07) is 4.39. The van der Waals surface area contributed by atoms with E-state index in [4.69, 9.17) is 5.26 Å². The first-order valence-electron chi connectivity index (χ1n) is 5.32. The van der Waals surface area contributed by atoms with Crippen LogP contribution in [0.4, 0.5) is 0 Å². The molecular weight excluding hydrogens is 220 g/mol. The molecule has 1 aromatic heterocycles. The number of H-pyrrole nitrogens is 1. The molecule has 0 bridgehead atoms. The lowest BCUT2D eigenvalue weighted by Gasteiger charge is -2.31. The first-order valence-corrected chi connectivity index (χ1v) is 5.32. The van der Waals surface area contributed by atoms with Gasteiger partial charge in [0, 0.05) is 37.5 Å². The monoisotopic (exact) mass is 232 g/mol. The number of rotatable bonds is 1. The number of hydrogen-bond donors (Lipinski definition) is 2. The molecule has 0 radical (unpaired) electrons. The van der Waals surface area contributed by atoms with Crippen molar-refractivity contribution in [3.63, 3.8) is 0 Å². The second-order valence-corrected chi connectivity index (χ2v) is 3.79. The van der Waals surface area contributed by atoms with Crippen LogP contribution in [-0.2, 0) is 0 Å². The highest BCUT2D eigenvalue weighted by atomic mass is 16.2. The Kier molecular flexibility index (Phi) is 3.21. The number of aromatic amines is 1. The lowest BCUT2D eigenvalue weighted by molar-refractivity contribution is 0.0687. The number of pyridine rings is 1. The molecule has 2 rings (SSSR count). The molecule has 1 fully saturated rings. The molecule has 88 valence electrons. The van der Waals surface area contributed by atoms with Gasteiger partial charge in [-0.1, -0.05) is 0 Å². The van der Waals surface area contributed by atoms with Crippen LogP contribution in [0.5, 0.6) is 0 Å². The second kappa shape index (κ2) is 4.80. The maximum atomic E-state index is 12.1. The smallest absolute Gasteiger partial charge is 0.255 e. The van der Waals surface area contributed by atoms with Crippen LogP contribution in [0, 0.1) is 11.3 Å². The lowest BCUT2D eigenvalue weighted by Crippen LogP contribution is -2.53. The molecule has 0 aromatic carbocycles. The van der Waals surface area contributed by atoms with Crippen molar-refractivity contribution in [3.8, 4) is 6.07 Å². The average Bonchev–Trinajstić information content (AvgIpc) is 2.38. The summed E-state index contributed by atoms with van der Waals surface area (Å²) in [5, 5.41) is 12.0. The third-order valence-corrected chi connectivity index (χ3v) is 2.68. The number of aromatic nitrogens is 1. The SMILES string of the molecule is N#CC1CNCCN1C(=O)c1cc[nH]c(=O)c1. The van der Waals surface area contributed by atoms with Crippen LogP contribution in [-0.4, -0.2) is 41.5 Å². The molecular formula is C11H12N4O2. The Morgan fingerprint density at radius 1 is 1.59 bits per heavy atom. The molecule has 1 saturated heterocycles. The van der Waals surface area contributed by atoms with Crippen LogP contribution in [0.1, 0.15) is 10.4 Å². The third kappa shape index (κ3) is 2.34. The highest BCUT2D eigenvalue weighted by Gasteiger charge is 2.27. The highest BCUT2D eigenvalue weighted by molar-refractivity contribution is 5.94. The molecule has 1 aliphatic rings. The van der Waals surface area contributed by atoms with Gasteiger partial charge in [-0.05, 0) is 6.07 Å². The molecule has 0 saturated carbocycles. The van der Waals surface area contributed by atoms with Crippen molar-refractivity contribution in [2.75, 3.05) is 19.6 Å². The van der Waals surface area contributed by atoms with E-state index >= 15 is 0 Å². The quantitative estimate of drug-likeness (QED) is 0.671. The maximum Gasteiger partial charge on any atom is 0.255 e. The van der Waals surface area contributed by atoms with Gasteiger partial charge in [-0.25, -0.2) is 0 Å². The van der Waals surface area contributed by atoms with E-state index in [1.807, 2.05) is 0 Å². The summed E-state index contributed by atoms with van der Waals surface area (Å²) in [4.78, 5) is 27.2. The molecule has 1 aromatic rings. The molecule has 1 aliphatic heterocycles. The number of carbonyl (C=O) groups excluding carboxylic acids is 1. The third-order valence-electron chi connectivity index (χ3n) is 2.68. The van der Waals surface area contributed by atoms with Crippen LogP contribution in [0.3, 0.4) is 0 Å². The summed E-state index contributed by atoms with van der Waals surface area (Å²) in [5.41, 5.74) is -0.00427. The van der Waals surface area contributed by atoms with E-state index < -0.39 is 6.04 Å². The molecule has 2 heterocycles. The molecule has 6 heteroatoms. The fourth-order valence-electron chi connectivity index (χ4n) is 1.81. The Morgan fingerprint density at radius 2 is 2.41 bits per heavy atom. The van der Waals surface area contributed by atoms with Crippen molar-refractivity contribution in [2.24, 2.45) is 0 Å². The minimum atomic E-state index is -0.476.